The van der Waals surface area contributed by atoms with Crippen molar-refractivity contribution in [3.63, 3.8) is 0 Å². The van der Waals surface area contributed by atoms with Crippen LogP contribution in [0.2, 0.25) is 10.0 Å². The molecule has 0 bridgehead atoms. The van der Waals surface area contributed by atoms with Crippen LogP contribution in [0.3, 0.4) is 0 Å². The van der Waals surface area contributed by atoms with Crippen LogP contribution in [0.25, 0.3) is 11.0 Å². The zero-order valence-corrected chi connectivity index (χ0v) is 21.3. The molecule has 33 heavy (non-hydrogen) atoms. The van der Waals surface area contributed by atoms with E-state index >= 15 is 0 Å². The lowest BCUT2D eigenvalue weighted by molar-refractivity contribution is 0.0364. The smallest absolute Gasteiger partial charge is 0.329 e. The van der Waals surface area contributed by atoms with E-state index in [-0.39, 0.29) is 17.1 Å². The second-order valence-electron chi connectivity index (χ2n) is 9.65. The number of hydrogen-bond donors (Lipinski definition) is 0. The molecular formula is C24H33Cl3N4O2. The van der Waals surface area contributed by atoms with Crippen molar-refractivity contribution < 1.29 is 4.74 Å². The first-order valence-electron chi connectivity index (χ1n) is 12.3. The van der Waals surface area contributed by atoms with E-state index in [4.69, 9.17) is 39.5 Å². The predicted molar refractivity (Wildman–Crippen MR) is 135 cm³/mol. The molecule has 1 aliphatic carbocycles. The van der Waals surface area contributed by atoms with Crippen molar-refractivity contribution in [1.29, 1.82) is 0 Å². The second-order valence-corrected chi connectivity index (χ2v) is 11.0. The molecule has 9 heteroatoms. The van der Waals surface area contributed by atoms with Gasteiger partial charge in [-0.1, -0.05) is 36.0 Å². The van der Waals surface area contributed by atoms with E-state index in [1.807, 2.05) is 21.3 Å². The van der Waals surface area contributed by atoms with E-state index in [2.05, 4.69) is 9.80 Å². The van der Waals surface area contributed by atoms with Gasteiger partial charge < -0.3 is 4.74 Å². The summed E-state index contributed by atoms with van der Waals surface area (Å²) in [6.45, 7) is 6.72. The van der Waals surface area contributed by atoms with Crippen LogP contribution < -0.4 is 5.69 Å². The molecule has 2 unspecified atom stereocenters. The molecule has 1 aromatic heterocycles. The molecular weight excluding hydrogens is 483 g/mol. The van der Waals surface area contributed by atoms with Crippen LogP contribution in [0.1, 0.15) is 44.6 Å². The third-order valence-corrected chi connectivity index (χ3v) is 8.96. The van der Waals surface area contributed by atoms with Gasteiger partial charge in [-0.05, 0) is 37.8 Å². The Bertz CT molecular complexity index is 1020. The lowest BCUT2D eigenvalue weighted by Crippen LogP contribution is -2.48. The predicted octanol–water partition coefficient (Wildman–Crippen LogP) is 4.63. The van der Waals surface area contributed by atoms with Gasteiger partial charge >= 0.3 is 5.69 Å². The van der Waals surface area contributed by atoms with Gasteiger partial charge in [0, 0.05) is 56.7 Å². The summed E-state index contributed by atoms with van der Waals surface area (Å²) in [6, 6.07) is 4.36. The average molecular weight is 516 g/mol. The number of halogens is 3. The van der Waals surface area contributed by atoms with E-state index in [0.717, 1.165) is 76.2 Å². The molecule has 0 spiro atoms. The van der Waals surface area contributed by atoms with Gasteiger partial charge in [-0.25, -0.2) is 4.79 Å². The molecule has 2 aromatic rings. The summed E-state index contributed by atoms with van der Waals surface area (Å²) in [7, 11) is 0. The fourth-order valence-electron chi connectivity index (χ4n) is 5.86. The van der Waals surface area contributed by atoms with E-state index in [0.29, 0.717) is 22.6 Å². The monoisotopic (exact) mass is 514 g/mol. The van der Waals surface area contributed by atoms with E-state index in [9.17, 15) is 4.79 Å². The maximum atomic E-state index is 13.7. The molecule has 2 aliphatic heterocycles. The first-order valence-corrected chi connectivity index (χ1v) is 13.5. The minimum Gasteiger partial charge on any atom is -0.379 e. The Labute approximate surface area is 210 Å². The van der Waals surface area contributed by atoms with Gasteiger partial charge in [0.05, 0.1) is 34.3 Å². The second kappa shape index (κ2) is 10.5. The highest BCUT2D eigenvalue weighted by Gasteiger charge is 2.33. The van der Waals surface area contributed by atoms with Crippen molar-refractivity contribution in [3.05, 3.63) is 32.7 Å². The number of alkyl halides is 1. The normalized spacial score (nSPS) is 26.3. The Hall–Kier alpha value is -0.760. The van der Waals surface area contributed by atoms with Gasteiger partial charge in [-0.3, -0.25) is 18.9 Å². The van der Waals surface area contributed by atoms with Crippen molar-refractivity contribution in [2.75, 3.05) is 45.9 Å². The van der Waals surface area contributed by atoms with Gasteiger partial charge in [0.2, 0.25) is 0 Å². The third kappa shape index (κ3) is 4.98. The number of hydrogen-bond acceptors (Lipinski definition) is 4. The first kappa shape index (κ1) is 24.0. The summed E-state index contributed by atoms with van der Waals surface area (Å²) < 4.78 is 9.32. The topological polar surface area (TPSA) is 42.6 Å². The molecule has 1 aromatic carbocycles. The maximum absolute atomic E-state index is 13.7. The van der Waals surface area contributed by atoms with E-state index < -0.39 is 0 Å². The van der Waals surface area contributed by atoms with Crippen molar-refractivity contribution in [2.45, 2.75) is 62.5 Å². The zero-order valence-electron chi connectivity index (χ0n) is 19.0. The Morgan fingerprint density at radius 3 is 2.24 bits per heavy atom. The quantitative estimate of drug-likeness (QED) is 0.545. The summed E-state index contributed by atoms with van der Waals surface area (Å²) in [6.07, 6.45) is 6.70. The standard InChI is InChI=1S/C24H33Cl3N4O2/c25-18-3-1-2-4-21(18)29-7-5-17(6-8-29)31-23-16-20(27)19(26)15-22(23)30(24(31)32)10-9-28-11-13-33-14-12-28/h15-18,21H,1-14H2. The van der Waals surface area contributed by atoms with Gasteiger partial charge in [-0.2, -0.15) is 0 Å². The molecule has 182 valence electrons. The maximum Gasteiger partial charge on any atom is 0.329 e. The largest absolute Gasteiger partial charge is 0.379 e. The molecule has 0 N–H and O–H groups in total. The number of ether oxygens (including phenoxy) is 1. The van der Waals surface area contributed by atoms with Crippen LogP contribution in [0.15, 0.2) is 16.9 Å². The number of imidazole rings is 1. The number of piperidine rings is 1. The lowest BCUT2D eigenvalue weighted by atomic mass is 9.91. The highest BCUT2D eigenvalue weighted by molar-refractivity contribution is 6.42. The van der Waals surface area contributed by atoms with Gasteiger partial charge in [0.1, 0.15) is 0 Å². The van der Waals surface area contributed by atoms with Crippen LogP contribution in [-0.2, 0) is 11.3 Å². The number of fused-ring (bicyclic) bond motifs is 1. The van der Waals surface area contributed by atoms with Crippen molar-refractivity contribution in [2.24, 2.45) is 0 Å². The van der Waals surface area contributed by atoms with Crippen LogP contribution in [0.5, 0.6) is 0 Å². The summed E-state index contributed by atoms with van der Waals surface area (Å²) in [5, 5.41) is 1.23. The Morgan fingerprint density at radius 2 is 1.55 bits per heavy atom. The highest BCUT2D eigenvalue weighted by Crippen LogP contribution is 2.34. The van der Waals surface area contributed by atoms with Crippen LogP contribution in [0.4, 0.5) is 0 Å². The number of likely N-dealkylation sites (tertiary alicyclic amines) is 1. The molecule has 1 saturated carbocycles. The summed E-state index contributed by atoms with van der Waals surface area (Å²) in [4.78, 5) is 18.6. The molecule has 3 fully saturated rings. The number of rotatable bonds is 5. The summed E-state index contributed by atoms with van der Waals surface area (Å²) in [5.41, 5.74) is 1.81. The minimum absolute atomic E-state index is 0.0444. The molecule has 0 radical (unpaired) electrons. The van der Waals surface area contributed by atoms with Crippen molar-refractivity contribution >= 4 is 45.8 Å². The summed E-state index contributed by atoms with van der Waals surface area (Å²) in [5.74, 6) is 0. The fraction of sp³-hybridized carbons (Fsp3) is 0.708. The number of nitrogens with zero attached hydrogens (tertiary/aromatic N) is 4. The molecule has 0 amide bonds. The molecule has 6 nitrogen and oxygen atoms in total. The Kier molecular flexibility index (Phi) is 7.60. The van der Waals surface area contributed by atoms with Gasteiger partial charge in [0.25, 0.3) is 0 Å². The van der Waals surface area contributed by atoms with Gasteiger partial charge in [0.15, 0.2) is 0 Å². The minimum atomic E-state index is 0.0444. The Balaban J connectivity index is 1.39. The molecule has 2 atom stereocenters. The third-order valence-electron chi connectivity index (χ3n) is 7.73. The van der Waals surface area contributed by atoms with Gasteiger partial charge in [-0.15, -0.1) is 11.6 Å². The van der Waals surface area contributed by atoms with E-state index in [1.165, 1.54) is 19.3 Å². The SMILES string of the molecule is O=c1n(CCN2CCOCC2)c2cc(Cl)c(Cl)cc2n1C1CCN(C2CCCCC2Cl)CC1. The van der Waals surface area contributed by atoms with Crippen molar-refractivity contribution in [1.82, 2.24) is 18.9 Å². The van der Waals surface area contributed by atoms with Crippen LogP contribution in [0, 0.1) is 0 Å². The zero-order chi connectivity index (χ0) is 22.9. The van der Waals surface area contributed by atoms with Crippen molar-refractivity contribution in [3.8, 4) is 0 Å². The molecule has 3 heterocycles. The summed E-state index contributed by atoms with van der Waals surface area (Å²) >= 11 is 19.4. The number of benzene rings is 1. The molecule has 5 rings (SSSR count). The molecule has 2 saturated heterocycles. The van der Waals surface area contributed by atoms with Crippen LogP contribution in [-0.4, -0.2) is 76.3 Å². The highest BCUT2D eigenvalue weighted by atomic mass is 35.5. The lowest BCUT2D eigenvalue weighted by Gasteiger charge is -2.41. The molecule has 3 aliphatic rings. The number of aromatic nitrogens is 2. The average Bonchev–Trinajstić information content (AvgIpc) is 3.09. The Morgan fingerprint density at radius 1 is 0.879 bits per heavy atom. The first-order chi connectivity index (χ1) is 16.0. The number of morpholine rings is 1. The van der Waals surface area contributed by atoms with E-state index in [1.54, 1.807) is 0 Å². The van der Waals surface area contributed by atoms with Crippen LogP contribution >= 0.6 is 34.8 Å². The fourth-order valence-corrected chi connectivity index (χ4v) is 6.61.